The van der Waals surface area contributed by atoms with Gasteiger partial charge < -0.3 is 9.88 Å². The predicted octanol–water partition coefficient (Wildman–Crippen LogP) is 4.93. The van der Waals surface area contributed by atoms with E-state index >= 15 is 0 Å². The second-order valence-electron chi connectivity index (χ2n) is 7.28. The Hall–Kier alpha value is -2.33. The van der Waals surface area contributed by atoms with E-state index in [9.17, 15) is 4.79 Å². The monoisotopic (exact) mass is 381 g/mol. The number of hydrogen-bond donors (Lipinski definition) is 1. The maximum absolute atomic E-state index is 12.5. The molecule has 27 heavy (non-hydrogen) atoms. The summed E-state index contributed by atoms with van der Waals surface area (Å²) in [5.41, 5.74) is 3.19. The summed E-state index contributed by atoms with van der Waals surface area (Å²) in [4.78, 5) is 17.3. The van der Waals surface area contributed by atoms with E-state index in [2.05, 4.69) is 16.0 Å². The normalized spacial score (nSPS) is 15.1. The summed E-state index contributed by atoms with van der Waals surface area (Å²) >= 11 is 6.01. The molecule has 1 N–H and O–H groups in total. The van der Waals surface area contributed by atoms with Crippen LogP contribution in [-0.2, 0) is 17.9 Å². The Morgan fingerprint density at radius 1 is 1.07 bits per heavy atom. The van der Waals surface area contributed by atoms with Gasteiger partial charge in [0.15, 0.2) is 0 Å². The first kappa shape index (κ1) is 18.1. The van der Waals surface area contributed by atoms with Crippen LogP contribution >= 0.6 is 11.6 Å². The van der Waals surface area contributed by atoms with Crippen LogP contribution in [0.1, 0.15) is 43.5 Å². The van der Waals surface area contributed by atoms with Crippen molar-refractivity contribution in [1.82, 2.24) is 14.9 Å². The van der Waals surface area contributed by atoms with Gasteiger partial charge in [-0.25, -0.2) is 4.98 Å². The Morgan fingerprint density at radius 3 is 2.59 bits per heavy atom. The fraction of sp³-hybridized carbons (Fsp3) is 0.364. The highest BCUT2D eigenvalue weighted by molar-refractivity contribution is 6.30. The number of imidazole rings is 1. The van der Waals surface area contributed by atoms with E-state index in [4.69, 9.17) is 16.6 Å². The molecule has 0 saturated heterocycles. The fourth-order valence-corrected chi connectivity index (χ4v) is 4.01. The molecule has 5 heteroatoms. The van der Waals surface area contributed by atoms with Crippen LogP contribution in [0.25, 0.3) is 11.0 Å². The van der Waals surface area contributed by atoms with Gasteiger partial charge in [0.05, 0.1) is 17.6 Å². The highest BCUT2D eigenvalue weighted by Gasteiger charge is 2.21. The molecule has 0 spiro atoms. The van der Waals surface area contributed by atoms with Gasteiger partial charge in [-0.2, -0.15) is 0 Å². The minimum atomic E-state index is 0.160. The lowest BCUT2D eigenvalue weighted by Crippen LogP contribution is -2.32. The van der Waals surface area contributed by atoms with Crippen LogP contribution in [0, 0.1) is 5.92 Å². The van der Waals surface area contributed by atoms with Crippen molar-refractivity contribution in [3.63, 3.8) is 0 Å². The average molecular weight is 382 g/mol. The minimum Gasteiger partial charge on any atom is -0.349 e. The number of nitrogens with one attached hydrogen (secondary N) is 1. The SMILES string of the molecule is O=C(NCc1nc2ccccc2n1Cc1ccc(Cl)cc1)C1CCCCC1. The summed E-state index contributed by atoms with van der Waals surface area (Å²) in [7, 11) is 0. The molecule has 0 unspecified atom stereocenters. The molecule has 0 bridgehead atoms. The number of aromatic nitrogens is 2. The van der Waals surface area contributed by atoms with E-state index in [1.54, 1.807) is 0 Å². The van der Waals surface area contributed by atoms with E-state index in [1.807, 2.05) is 42.5 Å². The standard InChI is InChI=1S/C22H24ClN3O/c23-18-12-10-16(11-13-18)15-26-20-9-5-4-8-19(20)25-21(26)14-24-22(27)17-6-2-1-3-7-17/h4-5,8-13,17H,1-3,6-7,14-15H2,(H,24,27). The fourth-order valence-electron chi connectivity index (χ4n) is 3.88. The highest BCUT2D eigenvalue weighted by Crippen LogP contribution is 2.24. The van der Waals surface area contributed by atoms with Gasteiger partial charge in [0.1, 0.15) is 5.82 Å². The largest absolute Gasteiger partial charge is 0.349 e. The van der Waals surface area contributed by atoms with Crippen LogP contribution in [0.4, 0.5) is 0 Å². The number of nitrogens with zero attached hydrogens (tertiary/aromatic N) is 2. The number of rotatable bonds is 5. The number of halogens is 1. The third-order valence-electron chi connectivity index (χ3n) is 5.38. The molecule has 1 aliphatic rings. The first-order chi connectivity index (χ1) is 13.2. The third-order valence-corrected chi connectivity index (χ3v) is 5.64. The number of fused-ring (bicyclic) bond motifs is 1. The summed E-state index contributed by atoms with van der Waals surface area (Å²) in [5, 5.41) is 3.85. The lowest BCUT2D eigenvalue weighted by Gasteiger charge is -2.20. The van der Waals surface area contributed by atoms with Crippen molar-refractivity contribution in [3.8, 4) is 0 Å². The first-order valence-electron chi connectivity index (χ1n) is 9.67. The maximum Gasteiger partial charge on any atom is 0.223 e. The van der Waals surface area contributed by atoms with Crippen LogP contribution in [0.5, 0.6) is 0 Å². The van der Waals surface area contributed by atoms with E-state index in [1.165, 1.54) is 6.42 Å². The van der Waals surface area contributed by atoms with Gasteiger partial charge >= 0.3 is 0 Å². The van der Waals surface area contributed by atoms with Gasteiger partial charge in [-0.05, 0) is 42.7 Å². The van der Waals surface area contributed by atoms with Gasteiger partial charge in [0, 0.05) is 17.5 Å². The smallest absolute Gasteiger partial charge is 0.223 e. The third kappa shape index (κ3) is 4.16. The first-order valence-corrected chi connectivity index (χ1v) is 10.0. The van der Waals surface area contributed by atoms with E-state index in [0.29, 0.717) is 13.1 Å². The maximum atomic E-state index is 12.5. The Labute approximate surface area is 164 Å². The van der Waals surface area contributed by atoms with Gasteiger partial charge in [-0.15, -0.1) is 0 Å². The van der Waals surface area contributed by atoms with Gasteiger partial charge in [-0.3, -0.25) is 4.79 Å². The highest BCUT2D eigenvalue weighted by atomic mass is 35.5. The van der Waals surface area contributed by atoms with Crippen LogP contribution in [0.2, 0.25) is 5.02 Å². The number of amides is 1. The second-order valence-corrected chi connectivity index (χ2v) is 7.72. The van der Waals surface area contributed by atoms with Crippen molar-refractivity contribution in [2.45, 2.75) is 45.2 Å². The topological polar surface area (TPSA) is 46.9 Å². The van der Waals surface area contributed by atoms with Crippen molar-refractivity contribution in [2.24, 2.45) is 5.92 Å². The van der Waals surface area contributed by atoms with E-state index < -0.39 is 0 Å². The number of carbonyl (C=O) groups is 1. The van der Waals surface area contributed by atoms with Gasteiger partial charge in [0.2, 0.25) is 5.91 Å². The summed E-state index contributed by atoms with van der Waals surface area (Å²) < 4.78 is 2.18. The molecule has 1 aliphatic carbocycles. The molecule has 4 rings (SSSR count). The van der Waals surface area contributed by atoms with Crippen LogP contribution < -0.4 is 5.32 Å². The zero-order valence-electron chi connectivity index (χ0n) is 15.3. The zero-order valence-corrected chi connectivity index (χ0v) is 16.1. The van der Waals surface area contributed by atoms with Gasteiger partial charge in [0.25, 0.3) is 0 Å². The summed E-state index contributed by atoms with van der Waals surface area (Å²) in [6.45, 7) is 1.16. The van der Waals surface area contributed by atoms with Crippen LogP contribution in [0.15, 0.2) is 48.5 Å². The molecule has 0 aliphatic heterocycles. The molecule has 140 valence electrons. The predicted molar refractivity (Wildman–Crippen MR) is 109 cm³/mol. The van der Waals surface area contributed by atoms with Crippen molar-refractivity contribution >= 4 is 28.5 Å². The second kappa shape index (κ2) is 8.13. The van der Waals surface area contributed by atoms with Crippen molar-refractivity contribution in [3.05, 3.63) is 64.9 Å². The van der Waals surface area contributed by atoms with Gasteiger partial charge in [-0.1, -0.05) is 55.1 Å². The summed E-state index contributed by atoms with van der Waals surface area (Å²) in [6.07, 6.45) is 5.58. The van der Waals surface area contributed by atoms with E-state index in [-0.39, 0.29) is 11.8 Å². The molecule has 1 aromatic heterocycles. The molecule has 1 heterocycles. The zero-order chi connectivity index (χ0) is 18.6. The Balaban J connectivity index is 1.56. The molecular weight excluding hydrogens is 358 g/mol. The molecule has 0 radical (unpaired) electrons. The van der Waals surface area contributed by atoms with Crippen molar-refractivity contribution < 1.29 is 4.79 Å². The van der Waals surface area contributed by atoms with Crippen molar-refractivity contribution in [1.29, 1.82) is 0 Å². The van der Waals surface area contributed by atoms with Crippen LogP contribution in [-0.4, -0.2) is 15.5 Å². The summed E-state index contributed by atoms with van der Waals surface area (Å²) in [6, 6.07) is 16.0. The minimum absolute atomic E-state index is 0.160. The molecular formula is C22H24ClN3O. The number of para-hydroxylation sites is 2. The van der Waals surface area contributed by atoms with Crippen molar-refractivity contribution in [2.75, 3.05) is 0 Å². The molecule has 3 aromatic rings. The van der Waals surface area contributed by atoms with E-state index in [0.717, 1.165) is 53.1 Å². The molecule has 2 aromatic carbocycles. The molecule has 1 fully saturated rings. The number of benzene rings is 2. The molecule has 1 amide bonds. The van der Waals surface area contributed by atoms with Crippen LogP contribution in [0.3, 0.4) is 0 Å². The molecule has 4 nitrogen and oxygen atoms in total. The quantitative estimate of drug-likeness (QED) is 0.680. The molecule has 1 saturated carbocycles. The summed E-state index contributed by atoms with van der Waals surface area (Å²) in [5.74, 6) is 1.21. The lowest BCUT2D eigenvalue weighted by atomic mass is 9.89. The Morgan fingerprint density at radius 2 is 1.81 bits per heavy atom. The number of hydrogen-bond acceptors (Lipinski definition) is 2. The lowest BCUT2D eigenvalue weighted by molar-refractivity contribution is -0.126. The molecule has 0 atom stereocenters. The average Bonchev–Trinajstić information content (AvgIpc) is 3.06. The number of carbonyl (C=O) groups excluding carboxylic acids is 1. The Bertz CT molecular complexity index is 926. The Kier molecular flexibility index (Phi) is 5.44.